The highest BCUT2D eigenvalue weighted by Crippen LogP contribution is 2.20. The third kappa shape index (κ3) is 2.70. The first-order valence-electron chi connectivity index (χ1n) is 5.76. The summed E-state index contributed by atoms with van der Waals surface area (Å²) < 4.78 is 6.07. The molecular formula is C11H17N5S. The van der Waals surface area contributed by atoms with Crippen LogP contribution in [0.15, 0.2) is 12.4 Å². The van der Waals surface area contributed by atoms with Gasteiger partial charge in [-0.25, -0.2) is 4.98 Å². The third-order valence-corrected chi connectivity index (χ3v) is 3.65. The minimum Gasteiger partial charge on any atom is -0.335 e. The summed E-state index contributed by atoms with van der Waals surface area (Å²) in [6.45, 7) is 5.08. The van der Waals surface area contributed by atoms with Crippen LogP contribution in [0.25, 0.3) is 0 Å². The van der Waals surface area contributed by atoms with Gasteiger partial charge in [0.15, 0.2) is 0 Å². The van der Waals surface area contributed by atoms with Gasteiger partial charge in [-0.3, -0.25) is 0 Å². The molecular weight excluding hydrogens is 234 g/mol. The summed E-state index contributed by atoms with van der Waals surface area (Å²) in [5.74, 6) is 1.03. The summed E-state index contributed by atoms with van der Waals surface area (Å²) in [7, 11) is 0. The second-order valence-electron chi connectivity index (χ2n) is 4.07. The van der Waals surface area contributed by atoms with Crippen molar-refractivity contribution in [3.8, 4) is 0 Å². The molecule has 0 fully saturated rings. The first-order valence-corrected chi connectivity index (χ1v) is 6.54. The van der Waals surface area contributed by atoms with Gasteiger partial charge in [0.05, 0.1) is 10.6 Å². The molecule has 0 aliphatic carbocycles. The van der Waals surface area contributed by atoms with Crippen LogP contribution in [0, 0.1) is 6.92 Å². The molecule has 1 unspecified atom stereocenters. The molecule has 0 saturated heterocycles. The number of nitrogens with zero attached hydrogens (tertiary/aromatic N) is 4. The molecule has 1 atom stereocenters. The van der Waals surface area contributed by atoms with Crippen LogP contribution in [0.3, 0.4) is 0 Å². The molecule has 0 bridgehead atoms. The van der Waals surface area contributed by atoms with E-state index in [1.165, 1.54) is 11.5 Å². The molecule has 2 aromatic heterocycles. The first-order chi connectivity index (χ1) is 8.22. The Labute approximate surface area is 105 Å². The van der Waals surface area contributed by atoms with Crippen molar-refractivity contribution >= 4 is 11.5 Å². The highest BCUT2D eigenvalue weighted by molar-refractivity contribution is 7.05. The maximum atomic E-state index is 6.17. The molecule has 0 aromatic carbocycles. The summed E-state index contributed by atoms with van der Waals surface area (Å²) in [5, 5.41) is 3.99. The van der Waals surface area contributed by atoms with Crippen LogP contribution in [-0.2, 0) is 13.0 Å². The first kappa shape index (κ1) is 12.2. The van der Waals surface area contributed by atoms with Crippen LogP contribution in [0.2, 0.25) is 0 Å². The van der Waals surface area contributed by atoms with E-state index in [-0.39, 0.29) is 6.04 Å². The number of imidazole rings is 1. The normalized spacial score (nSPS) is 12.9. The van der Waals surface area contributed by atoms with Crippen molar-refractivity contribution in [3.05, 3.63) is 28.8 Å². The van der Waals surface area contributed by atoms with E-state index < -0.39 is 0 Å². The van der Waals surface area contributed by atoms with E-state index in [0.717, 1.165) is 35.8 Å². The SMILES string of the molecule is CCCn1ccnc1CC(N)c1snnc1C. The van der Waals surface area contributed by atoms with Gasteiger partial charge in [0.25, 0.3) is 0 Å². The zero-order valence-corrected chi connectivity index (χ0v) is 10.9. The van der Waals surface area contributed by atoms with E-state index in [4.69, 9.17) is 5.73 Å². The van der Waals surface area contributed by atoms with Gasteiger partial charge >= 0.3 is 0 Å². The molecule has 0 amide bonds. The molecule has 2 aromatic rings. The number of aromatic nitrogens is 4. The second-order valence-corrected chi connectivity index (χ2v) is 4.86. The number of nitrogens with two attached hydrogens (primary N) is 1. The lowest BCUT2D eigenvalue weighted by Gasteiger charge is -2.11. The fraction of sp³-hybridized carbons (Fsp3) is 0.545. The van der Waals surface area contributed by atoms with Gasteiger partial charge in [0, 0.05) is 31.4 Å². The molecule has 2 rings (SSSR count). The van der Waals surface area contributed by atoms with E-state index in [9.17, 15) is 0 Å². The van der Waals surface area contributed by atoms with Crippen molar-refractivity contribution in [3.63, 3.8) is 0 Å². The lowest BCUT2D eigenvalue weighted by molar-refractivity contribution is 0.601. The van der Waals surface area contributed by atoms with E-state index in [2.05, 4.69) is 26.1 Å². The Morgan fingerprint density at radius 2 is 2.35 bits per heavy atom. The molecule has 0 aliphatic heterocycles. The smallest absolute Gasteiger partial charge is 0.110 e. The van der Waals surface area contributed by atoms with Crippen molar-refractivity contribution in [2.24, 2.45) is 5.73 Å². The van der Waals surface area contributed by atoms with Crippen LogP contribution in [-0.4, -0.2) is 19.1 Å². The van der Waals surface area contributed by atoms with Crippen molar-refractivity contribution in [1.29, 1.82) is 0 Å². The monoisotopic (exact) mass is 251 g/mol. The van der Waals surface area contributed by atoms with E-state index in [1.54, 1.807) is 0 Å². The number of hydrogen-bond donors (Lipinski definition) is 1. The summed E-state index contributed by atoms with van der Waals surface area (Å²) >= 11 is 1.38. The molecule has 17 heavy (non-hydrogen) atoms. The fourth-order valence-corrected chi connectivity index (χ4v) is 2.48. The molecule has 2 heterocycles. The Kier molecular flexibility index (Phi) is 3.86. The Morgan fingerprint density at radius 1 is 1.53 bits per heavy atom. The molecule has 5 nitrogen and oxygen atoms in total. The van der Waals surface area contributed by atoms with Crippen molar-refractivity contribution in [1.82, 2.24) is 19.1 Å². The minimum atomic E-state index is -0.0620. The number of rotatable bonds is 5. The zero-order valence-electron chi connectivity index (χ0n) is 10.1. The largest absolute Gasteiger partial charge is 0.335 e. The molecule has 0 saturated carbocycles. The van der Waals surface area contributed by atoms with Gasteiger partial charge in [0.1, 0.15) is 5.82 Å². The predicted octanol–water partition coefficient (Wildman–Crippen LogP) is 1.70. The molecule has 92 valence electrons. The van der Waals surface area contributed by atoms with Gasteiger partial charge in [-0.15, -0.1) is 5.10 Å². The quantitative estimate of drug-likeness (QED) is 0.878. The van der Waals surface area contributed by atoms with Crippen LogP contribution in [0.4, 0.5) is 0 Å². The Hall–Kier alpha value is -1.27. The van der Waals surface area contributed by atoms with Crippen LogP contribution < -0.4 is 5.73 Å². The minimum absolute atomic E-state index is 0.0620. The molecule has 0 aliphatic rings. The lowest BCUT2D eigenvalue weighted by Crippen LogP contribution is -2.16. The number of aryl methyl sites for hydroxylation is 2. The highest BCUT2D eigenvalue weighted by atomic mass is 32.1. The lowest BCUT2D eigenvalue weighted by atomic mass is 10.1. The fourth-order valence-electron chi connectivity index (χ4n) is 1.84. The maximum absolute atomic E-state index is 6.17. The molecule has 0 radical (unpaired) electrons. The van der Waals surface area contributed by atoms with Crippen LogP contribution >= 0.6 is 11.5 Å². The van der Waals surface area contributed by atoms with Gasteiger partial charge in [-0.2, -0.15) is 0 Å². The summed E-state index contributed by atoms with van der Waals surface area (Å²) in [6, 6.07) is -0.0620. The third-order valence-electron chi connectivity index (χ3n) is 2.69. The van der Waals surface area contributed by atoms with Gasteiger partial charge in [0.2, 0.25) is 0 Å². The van der Waals surface area contributed by atoms with E-state index in [0.29, 0.717) is 0 Å². The topological polar surface area (TPSA) is 69.6 Å². The predicted molar refractivity (Wildman–Crippen MR) is 67.8 cm³/mol. The average Bonchev–Trinajstić information content (AvgIpc) is 2.89. The summed E-state index contributed by atoms with van der Waals surface area (Å²) in [6.07, 6.45) is 5.66. The van der Waals surface area contributed by atoms with Gasteiger partial charge in [-0.05, 0) is 24.9 Å². The van der Waals surface area contributed by atoms with Crippen molar-refractivity contribution < 1.29 is 0 Å². The summed E-state index contributed by atoms with van der Waals surface area (Å²) in [5.41, 5.74) is 7.10. The van der Waals surface area contributed by atoms with Crippen molar-refractivity contribution in [2.45, 2.75) is 39.3 Å². The maximum Gasteiger partial charge on any atom is 0.110 e. The van der Waals surface area contributed by atoms with Crippen LogP contribution in [0.5, 0.6) is 0 Å². The Bertz CT molecular complexity index is 476. The van der Waals surface area contributed by atoms with Gasteiger partial charge < -0.3 is 10.3 Å². The Balaban J connectivity index is 2.10. The Morgan fingerprint density at radius 3 is 3.00 bits per heavy atom. The van der Waals surface area contributed by atoms with E-state index in [1.807, 2.05) is 19.3 Å². The highest BCUT2D eigenvalue weighted by Gasteiger charge is 2.15. The average molecular weight is 251 g/mol. The zero-order chi connectivity index (χ0) is 12.3. The molecule has 0 spiro atoms. The van der Waals surface area contributed by atoms with Crippen LogP contribution in [0.1, 0.15) is 35.8 Å². The van der Waals surface area contributed by atoms with Crippen molar-refractivity contribution in [2.75, 3.05) is 0 Å². The molecule has 2 N–H and O–H groups in total. The standard InChI is InChI=1S/C11H17N5S/c1-3-5-16-6-4-13-10(16)7-9(12)11-8(2)14-15-17-11/h4,6,9H,3,5,7,12H2,1-2H3. The molecule has 6 heteroatoms. The van der Waals surface area contributed by atoms with E-state index >= 15 is 0 Å². The number of hydrogen-bond acceptors (Lipinski definition) is 5. The van der Waals surface area contributed by atoms with Gasteiger partial charge in [-0.1, -0.05) is 11.4 Å². The summed E-state index contributed by atoms with van der Waals surface area (Å²) in [4.78, 5) is 5.41. The second kappa shape index (κ2) is 5.37.